The first-order valence-corrected chi connectivity index (χ1v) is 4.68. The van der Waals surface area contributed by atoms with E-state index in [0.29, 0.717) is 5.02 Å². The molecule has 0 bridgehead atoms. The monoisotopic (exact) mass is 197 g/mol. The molecule has 0 N–H and O–H groups in total. The van der Waals surface area contributed by atoms with Gasteiger partial charge in [0.1, 0.15) is 0 Å². The van der Waals surface area contributed by atoms with Crippen molar-refractivity contribution in [2.75, 3.05) is 0 Å². The van der Waals surface area contributed by atoms with E-state index in [1.807, 2.05) is 27.7 Å². The summed E-state index contributed by atoms with van der Waals surface area (Å²) in [6.07, 6.45) is 0. The van der Waals surface area contributed by atoms with Crippen LogP contribution >= 0.6 is 11.6 Å². The molecule has 0 spiro atoms. The summed E-state index contributed by atoms with van der Waals surface area (Å²) in [6, 6.07) is 3.38. The molecule has 71 valence electrons. The Bertz CT molecular complexity index is 324. The first-order chi connectivity index (χ1) is 5.82. The molecule has 0 aliphatic heterocycles. The second kappa shape index (κ2) is 3.22. The van der Waals surface area contributed by atoms with Gasteiger partial charge < -0.3 is 0 Å². The molecule has 1 radical (unpaired) electrons. The molecule has 0 amide bonds. The van der Waals surface area contributed by atoms with Gasteiger partial charge in [-0.2, -0.15) is 0 Å². The summed E-state index contributed by atoms with van der Waals surface area (Å²) < 4.78 is 0. The van der Waals surface area contributed by atoms with E-state index >= 15 is 0 Å². The molecule has 0 saturated carbocycles. The number of halogens is 1. The predicted molar refractivity (Wildman–Crippen MR) is 55.0 cm³/mol. The van der Waals surface area contributed by atoms with Crippen LogP contribution in [0.2, 0.25) is 5.02 Å². The summed E-state index contributed by atoms with van der Waals surface area (Å²) in [6.45, 7) is 7.87. The summed E-state index contributed by atoms with van der Waals surface area (Å²) in [4.78, 5) is 0. The second-order valence-corrected chi connectivity index (χ2v) is 4.75. The van der Waals surface area contributed by atoms with Gasteiger partial charge in [0.25, 0.3) is 0 Å². The van der Waals surface area contributed by atoms with Crippen molar-refractivity contribution in [3.63, 3.8) is 0 Å². The van der Waals surface area contributed by atoms with Crippen LogP contribution in [0.1, 0.15) is 31.9 Å². The largest absolute Gasteiger partial charge is 0.290 e. The fourth-order valence-electron chi connectivity index (χ4n) is 1.24. The Morgan fingerprint density at radius 1 is 1.23 bits per heavy atom. The Labute approximate surface area is 84.4 Å². The lowest BCUT2D eigenvalue weighted by Gasteiger charge is -2.19. The highest BCUT2D eigenvalue weighted by Gasteiger charge is 2.20. The summed E-state index contributed by atoms with van der Waals surface area (Å²) >= 11 is 5.95. The third kappa shape index (κ3) is 2.16. The van der Waals surface area contributed by atoms with Crippen LogP contribution in [0.4, 0.5) is 0 Å². The summed E-state index contributed by atoms with van der Waals surface area (Å²) in [7, 11) is 0. The Balaban J connectivity index is 3.32. The van der Waals surface area contributed by atoms with Gasteiger partial charge in [-0.05, 0) is 30.0 Å². The van der Waals surface area contributed by atoms with Crippen molar-refractivity contribution < 1.29 is 5.11 Å². The molecule has 0 unspecified atom stereocenters. The average molecular weight is 198 g/mol. The van der Waals surface area contributed by atoms with Crippen LogP contribution in [0.25, 0.3) is 0 Å². The maximum absolute atomic E-state index is 11.6. The van der Waals surface area contributed by atoms with E-state index < -0.39 is 0 Å². The summed E-state index contributed by atoms with van der Waals surface area (Å²) in [5, 5.41) is 12.3. The molecule has 1 nitrogen and oxygen atoms in total. The lowest BCUT2D eigenvalue weighted by molar-refractivity contribution is 0.340. The summed E-state index contributed by atoms with van der Waals surface area (Å²) in [5.41, 5.74) is 1.50. The molecular weight excluding hydrogens is 184 g/mol. The average Bonchev–Trinajstić information content (AvgIpc) is 1.94. The summed E-state index contributed by atoms with van der Waals surface area (Å²) in [5.74, 6) is 0.0781. The van der Waals surface area contributed by atoms with Gasteiger partial charge in [-0.1, -0.05) is 32.4 Å². The number of benzene rings is 1. The molecule has 0 fully saturated rings. The van der Waals surface area contributed by atoms with Crippen LogP contribution in [-0.2, 0) is 10.5 Å². The van der Waals surface area contributed by atoms with Crippen LogP contribution in [0.3, 0.4) is 0 Å². The van der Waals surface area contributed by atoms with Gasteiger partial charge >= 0.3 is 0 Å². The SMILES string of the molecule is Cc1cc([O])c(C(C)(C)C)cc1Cl. The molecule has 13 heavy (non-hydrogen) atoms. The van der Waals surface area contributed by atoms with Crippen LogP contribution < -0.4 is 0 Å². The fourth-order valence-corrected chi connectivity index (χ4v) is 1.40. The van der Waals surface area contributed by atoms with E-state index in [-0.39, 0.29) is 11.2 Å². The highest BCUT2D eigenvalue weighted by atomic mass is 35.5. The highest BCUT2D eigenvalue weighted by Crippen LogP contribution is 2.34. The van der Waals surface area contributed by atoms with Gasteiger partial charge in [0.2, 0.25) is 0 Å². The molecule has 0 heterocycles. The zero-order valence-electron chi connectivity index (χ0n) is 8.44. The third-order valence-electron chi connectivity index (χ3n) is 2.07. The van der Waals surface area contributed by atoms with Gasteiger partial charge in [0.15, 0.2) is 5.75 Å². The van der Waals surface area contributed by atoms with E-state index in [1.165, 1.54) is 0 Å². The van der Waals surface area contributed by atoms with Crippen LogP contribution in [-0.4, -0.2) is 0 Å². The van der Waals surface area contributed by atoms with Gasteiger partial charge in [0, 0.05) is 10.6 Å². The maximum atomic E-state index is 11.6. The van der Waals surface area contributed by atoms with Crippen molar-refractivity contribution in [1.29, 1.82) is 0 Å². The third-order valence-corrected chi connectivity index (χ3v) is 2.48. The molecule has 0 saturated heterocycles. The lowest BCUT2D eigenvalue weighted by Crippen LogP contribution is -2.11. The van der Waals surface area contributed by atoms with E-state index in [9.17, 15) is 5.11 Å². The van der Waals surface area contributed by atoms with Crippen LogP contribution in [0.15, 0.2) is 12.1 Å². The minimum Gasteiger partial charge on any atom is -0.290 e. The van der Waals surface area contributed by atoms with Crippen LogP contribution in [0.5, 0.6) is 5.75 Å². The maximum Gasteiger partial charge on any atom is 0.182 e. The number of hydrogen-bond donors (Lipinski definition) is 0. The first-order valence-electron chi connectivity index (χ1n) is 4.30. The van der Waals surface area contributed by atoms with Gasteiger partial charge in [-0.3, -0.25) is 5.11 Å². The van der Waals surface area contributed by atoms with Crippen molar-refractivity contribution in [3.05, 3.63) is 28.3 Å². The normalized spacial score (nSPS) is 11.8. The molecule has 0 aromatic heterocycles. The lowest BCUT2D eigenvalue weighted by atomic mass is 9.86. The number of hydrogen-bond acceptors (Lipinski definition) is 0. The molecular formula is C11H14ClO. The Kier molecular flexibility index (Phi) is 2.58. The Hall–Kier alpha value is -0.690. The molecule has 0 aliphatic carbocycles. The van der Waals surface area contributed by atoms with Gasteiger partial charge in [-0.25, -0.2) is 0 Å². The smallest absolute Gasteiger partial charge is 0.182 e. The zero-order valence-corrected chi connectivity index (χ0v) is 9.20. The fraction of sp³-hybridized carbons (Fsp3) is 0.455. The van der Waals surface area contributed by atoms with Crippen molar-refractivity contribution in [1.82, 2.24) is 0 Å². The van der Waals surface area contributed by atoms with Crippen molar-refractivity contribution in [2.24, 2.45) is 0 Å². The molecule has 1 rings (SSSR count). The first kappa shape index (κ1) is 10.4. The number of aryl methyl sites for hydroxylation is 1. The molecule has 0 aliphatic rings. The second-order valence-electron chi connectivity index (χ2n) is 4.35. The topological polar surface area (TPSA) is 19.9 Å². The standard InChI is InChI=1S/C11H14ClO/c1-7-5-10(13)8(6-9(7)12)11(2,3)4/h5-6H,1-4H3. The number of rotatable bonds is 0. The predicted octanol–water partition coefficient (Wildman–Crippen LogP) is 4.09. The molecule has 1 aromatic rings. The minimum absolute atomic E-state index is 0.0781. The van der Waals surface area contributed by atoms with Crippen molar-refractivity contribution in [3.8, 4) is 5.75 Å². The van der Waals surface area contributed by atoms with E-state index in [1.54, 1.807) is 12.1 Å². The van der Waals surface area contributed by atoms with E-state index in [4.69, 9.17) is 11.6 Å². The van der Waals surface area contributed by atoms with E-state index in [0.717, 1.165) is 11.1 Å². The highest BCUT2D eigenvalue weighted by molar-refractivity contribution is 6.31. The Morgan fingerprint density at radius 2 is 1.77 bits per heavy atom. The minimum atomic E-state index is -0.131. The van der Waals surface area contributed by atoms with E-state index in [2.05, 4.69) is 0 Å². The van der Waals surface area contributed by atoms with Crippen LogP contribution in [0, 0.1) is 6.92 Å². The zero-order chi connectivity index (χ0) is 10.2. The quantitative estimate of drug-likeness (QED) is 0.597. The Morgan fingerprint density at radius 3 is 2.23 bits per heavy atom. The molecule has 1 aromatic carbocycles. The molecule has 2 heteroatoms. The molecule has 0 atom stereocenters. The van der Waals surface area contributed by atoms with Crippen molar-refractivity contribution >= 4 is 11.6 Å². The van der Waals surface area contributed by atoms with Gasteiger partial charge in [-0.15, -0.1) is 0 Å². The van der Waals surface area contributed by atoms with Gasteiger partial charge in [0.05, 0.1) is 0 Å². The van der Waals surface area contributed by atoms with Crippen molar-refractivity contribution in [2.45, 2.75) is 33.1 Å².